The zero-order chi connectivity index (χ0) is 13.7. The predicted octanol–water partition coefficient (Wildman–Crippen LogP) is 1.90. The SMILES string of the molecule is O=C(NC[C@H]1CCCO1)Nc1ccccc1[N+](=O)[O-]. The maximum atomic E-state index is 11.6. The number of urea groups is 1. The highest BCUT2D eigenvalue weighted by molar-refractivity contribution is 5.91. The number of rotatable bonds is 4. The number of nitrogens with one attached hydrogen (secondary N) is 2. The lowest BCUT2D eigenvalue weighted by Gasteiger charge is -2.11. The zero-order valence-electron chi connectivity index (χ0n) is 10.3. The number of amides is 2. The third kappa shape index (κ3) is 3.65. The fraction of sp³-hybridized carbons (Fsp3) is 0.417. The number of hydrogen-bond donors (Lipinski definition) is 2. The van der Waals surface area contributed by atoms with Gasteiger partial charge in [-0.05, 0) is 18.9 Å². The highest BCUT2D eigenvalue weighted by Crippen LogP contribution is 2.22. The van der Waals surface area contributed by atoms with Crippen molar-refractivity contribution >= 4 is 17.4 Å². The summed E-state index contributed by atoms with van der Waals surface area (Å²) in [5.41, 5.74) is 0.0482. The van der Waals surface area contributed by atoms with Crippen LogP contribution in [0.5, 0.6) is 0 Å². The van der Waals surface area contributed by atoms with E-state index in [1.807, 2.05) is 0 Å². The number of hydrogen-bond acceptors (Lipinski definition) is 4. The van der Waals surface area contributed by atoms with E-state index in [0.29, 0.717) is 6.54 Å². The summed E-state index contributed by atoms with van der Waals surface area (Å²) in [5.74, 6) is 0. The molecule has 1 atom stereocenters. The molecule has 7 heteroatoms. The fourth-order valence-electron chi connectivity index (χ4n) is 1.92. The summed E-state index contributed by atoms with van der Waals surface area (Å²) in [6.07, 6.45) is 1.96. The molecule has 19 heavy (non-hydrogen) atoms. The number of nitrogens with zero attached hydrogens (tertiary/aromatic N) is 1. The van der Waals surface area contributed by atoms with E-state index in [4.69, 9.17) is 4.74 Å². The van der Waals surface area contributed by atoms with Crippen LogP contribution in [0, 0.1) is 10.1 Å². The molecule has 1 fully saturated rings. The molecule has 0 spiro atoms. The van der Waals surface area contributed by atoms with E-state index in [0.717, 1.165) is 19.4 Å². The first kappa shape index (κ1) is 13.3. The van der Waals surface area contributed by atoms with Gasteiger partial charge in [0.15, 0.2) is 0 Å². The first-order valence-electron chi connectivity index (χ1n) is 6.06. The highest BCUT2D eigenvalue weighted by Gasteiger charge is 2.18. The summed E-state index contributed by atoms with van der Waals surface area (Å²) in [6, 6.07) is 5.54. The molecule has 1 aliphatic heterocycles. The van der Waals surface area contributed by atoms with Crippen molar-refractivity contribution < 1.29 is 14.5 Å². The van der Waals surface area contributed by atoms with Gasteiger partial charge in [-0.3, -0.25) is 10.1 Å². The predicted molar refractivity (Wildman–Crippen MR) is 69.1 cm³/mol. The smallest absolute Gasteiger partial charge is 0.319 e. The van der Waals surface area contributed by atoms with Gasteiger partial charge in [0.25, 0.3) is 5.69 Å². The molecule has 1 aromatic carbocycles. The van der Waals surface area contributed by atoms with E-state index < -0.39 is 11.0 Å². The molecule has 1 aliphatic rings. The third-order valence-electron chi connectivity index (χ3n) is 2.86. The average Bonchev–Trinajstić information content (AvgIpc) is 2.90. The van der Waals surface area contributed by atoms with Crippen LogP contribution < -0.4 is 10.6 Å². The zero-order valence-corrected chi connectivity index (χ0v) is 10.3. The van der Waals surface area contributed by atoms with Crippen molar-refractivity contribution in [3.05, 3.63) is 34.4 Å². The third-order valence-corrected chi connectivity index (χ3v) is 2.86. The van der Waals surface area contributed by atoms with Crippen LogP contribution in [0.15, 0.2) is 24.3 Å². The van der Waals surface area contributed by atoms with Crippen molar-refractivity contribution in [3.8, 4) is 0 Å². The van der Waals surface area contributed by atoms with Crippen molar-refractivity contribution in [1.82, 2.24) is 5.32 Å². The molecule has 0 radical (unpaired) electrons. The van der Waals surface area contributed by atoms with Gasteiger partial charge in [0.1, 0.15) is 5.69 Å². The van der Waals surface area contributed by atoms with Gasteiger partial charge in [-0.2, -0.15) is 0 Å². The molecule has 1 aromatic rings. The molecule has 1 heterocycles. The Morgan fingerprint density at radius 3 is 2.95 bits per heavy atom. The lowest BCUT2D eigenvalue weighted by atomic mass is 10.2. The van der Waals surface area contributed by atoms with Crippen LogP contribution >= 0.6 is 0 Å². The Balaban J connectivity index is 1.89. The van der Waals surface area contributed by atoms with E-state index in [2.05, 4.69) is 10.6 Å². The fourth-order valence-corrected chi connectivity index (χ4v) is 1.92. The van der Waals surface area contributed by atoms with Crippen LogP contribution in [-0.4, -0.2) is 30.2 Å². The van der Waals surface area contributed by atoms with Crippen LogP contribution in [0.1, 0.15) is 12.8 Å². The van der Waals surface area contributed by atoms with Gasteiger partial charge < -0.3 is 15.4 Å². The topological polar surface area (TPSA) is 93.5 Å². The number of nitro groups is 1. The van der Waals surface area contributed by atoms with Crippen LogP contribution in [0.2, 0.25) is 0 Å². The molecule has 0 saturated carbocycles. The van der Waals surface area contributed by atoms with Crippen molar-refractivity contribution in [1.29, 1.82) is 0 Å². The minimum absolute atomic E-state index is 0.0384. The summed E-state index contributed by atoms with van der Waals surface area (Å²) < 4.78 is 5.36. The van der Waals surface area contributed by atoms with Gasteiger partial charge >= 0.3 is 6.03 Å². The summed E-state index contributed by atoms with van der Waals surface area (Å²) >= 11 is 0. The van der Waals surface area contributed by atoms with Gasteiger partial charge in [-0.15, -0.1) is 0 Å². The van der Waals surface area contributed by atoms with Gasteiger partial charge in [0, 0.05) is 19.2 Å². The molecule has 0 aliphatic carbocycles. The molecule has 2 rings (SSSR count). The monoisotopic (exact) mass is 265 g/mol. The lowest BCUT2D eigenvalue weighted by Crippen LogP contribution is -2.35. The second-order valence-corrected chi connectivity index (χ2v) is 4.24. The van der Waals surface area contributed by atoms with Gasteiger partial charge in [0.2, 0.25) is 0 Å². The standard InChI is InChI=1S/C12H15N3O4/c16-12(13-8-9-4-3-7-19-9)14-10-5-1-2-6-11(10)15(17)18/h1-2,5-6,9H,3-4,7-8H2,(H2,13,14,16)/t9-/m1/s1. The average molecular weight is 265 g/mol. The number of benzene rings is 1. The Hall–Kier alpha value is -2.15. The normalized spacial score (nSPS) is 18.0. The Morgan fingerprint density at radius 2 is 2.26 bits per heavy atom. The maximum Gasteiger partial charge on any atom is 0.319 e. The van der Waals surface area contributed by atoms with Crippen LogP contribution in [-0.2, 0) is 4.74 Å². The Bertz CT molecular complexity index is 472. The van der Waals surface area contributed by atoms with Gasteiger partial charge in [0.05, 0.1) is 11.0 Å². The largest absolute Gasteiger partial charge is 0.376 e. The maximum absolute atomic E-state index is 11.6. The lowest BCUT2D eigenvalue weighted by molar-refractivity contribution is -0.383. The molecular weight excluding hydrogens is 250 g/mol. The summed E-state index contributed by atoms with van der Waals surface area (Å²) in [7, 11) is 0. The molecule has 0 bridgehead atoms. The summed E-state index contributed by atoms with van der Waals surface area (Å²) in [5, 5.41) is 15.9. The van der Waals surface area contributed by atoms with Crippen LogP contribution in [0.3, 0.4) is 0 Å². The number of para-hydroxylation sites is 2. The quantitative estimate of drug-likeness (QED) is 0.642. The second kappa shape index (κ2) is 6.14. The Kier molecular flexibility index (Phi) is 4.30. The van der Waals surface area contributed by atoms with Crippen LogP contribution in [0.4, 0.5) is 16.2 Å². The minimum Gasteiger partial charge on any atom is -0.376 e. The Morgan fingerprint density at radius 1 is 1.47 bits per heavy atom. The molecule has 0 unspecified atom stereocenters. The van der Waals surface area contributed by atoms with Crippen molar-refractivity contribution in [2.45, 2.75) is 18.9 Å². The number of carbonyl (C=O) groups is 1. The minimum atomic E-state index is -0.532. The van der Waals surface area contributed by atoms with E-state index in [9.17, 15) is 14.9 Å². The molecule has 7 nitrogen and oxygen atoms in total. The van der Waals surface area contributed by atoms with E-state index in [1.54, 1.807) is 12.1 Å². The molecule has 102 valence electrons. The van der Waals surface area contributed by atoms with E-state index >= 15 is 0 Å². The molecular formula is C12H15N3O4. The second-order valence-electron chi connectivity index (χ2n) is 4.24. The van der Waals surface area contributed by atoms with Crippen molar-refractivity contribution in [2.75, 3.05) is 18.5 Å². The Labute approximate surface area is 110 Å². The number of carbonyl (C=O) groups excluding carboxylic acids is 1. The summed E-state index contributed by atoms with van der Waals surface area (Å²) in [4.78, 5) is 21.9. The van der Waals surface area contributed by atoms with E-state index in [-0.39, 0.29) is 17.5 Å². The first-order chi connectivity index (χ1) is 9.16. The molecule has 2 amide bonds. The van der Waals surface area contributed by atoms with Crippen LogP contribution in [0.25, 0.3) is 0 Å². The van der Waals surface area contributed by atoms with Gasteiger partial charge in [-0.1, -0.05) is 12.1 Å². The number of ether oxygens (including phenoxy) is 1. The summed E-state index contributed by atoms with van der Waals surface area (Å²) in [6.45, 7) is 1.13. The number of anilines is 1. The van der Waals surface area contributed by atoms with E-state index in [1.165, 1.54) is 12.1 Å². The van der Waals surface area contributed by atoms with Crippen molar-refractivity contribution in [3.63, 3.8) is 0 Å². The highest BCUT2D eigenvalue weighted by atomic mass is 16.6. The number of nitro benzene ring substituents is 1. The first-order valence-corrected chi connectivity index (χ1v) is 6.06. The molecule has 1 saturated heterocycles. The van der Waals surface area contributed by atoms with Gasteiger partial charge in [-0.25, -0.2) is 4.79 Å². The van der Waals surface area contributed by atoms with Crippen molar-refractivity contribution in [2.24, 2.45) is 0 Å². The molecule has 2 N–H and O–H groups in total. The molecule has 0 aromatic heterocycles.